The van der Waals surface area contributed by atoms with E-state index in [0.717, 1.165) is 4.31 Å². The van der Waals surface area contributed by atoms with Crippen molar-refractivity contribution >= 4 is 44.7 Å². The minimum Gasteiger partial charge on any atom is -0.389 e. The zero-order valence-electron chi connectivity index (χ0n) is 9.96. The molecule has 6 nitrogen and oxygen atoms in total. The van der Waals surface area contributed by atoms with E-state index in [1.165, 1.54) is 25.2 Å². The van der Waals surface area contributed by atoms with Gasteiger partial charge in [0.1, 0.15) is 4.99 Å². The second-order valence-electron chi connectivity index (χ2n) is 3.73. The van der Waals surface area contributed by atoms with Crippen LogP contribution < -0.4 is 11.5 Å². The quantitative estimate of drug-likeness (QED) is 0.747. The number of amides is 1. The van der Waals surface area contributed by atoms with Gasteiger partial charge < -0.3 is 11.5 Å². The third-order valence-corrected chi connectivity index (χ3v) is 4.62. The predicted octanol–water partition coefficient (Wildman–Crippen LogP) is 0.0800. The number of hydrogen-bond acceptors (Lipinski definition) is 4. The van der Waals surface area contributed by atoms with Crippen LogP contribution in [0.5, 0.6) is 0 Å². The van der Waals surface area contributed by atoms with E-state index in [1.807, 2.05) is 0 Å². The van der Waals surface area contributed by atoms with Crippen molar-refractivity contribution in [2.75, 3.05) is 13.6 Å². The maximum atomic E-state index is 12.1. The molecule has 4 N–H and O–H groups in total. The first-order chi connectivity index (χ1) is 8.66. The van der Waals surface area contributed by atoms with Crippen LogP contribution in [0.25, 0.3) is 0 Å². The van der Waals surface area contributed by atoms with Gasteiger partial charge in [-0.25, -0.2) is 8.42 Å². The van der Waals surface area contributed by atoms with Crippen LogP contribution in [0.15, 0.2) is 23.1 Å². The molecule has 0 aliphatic carbocycles. The summed E-state index contributed by atoms with van der Waals surface area (Å²) in [5.41, 5.74) is 10.8. The van der Waals surface area contributed by atoms with E-state index in [-0.39, 0.29) is 14.9 Å². The Kier molecular flexibility index (Phi) is 4.86. The van der Waals surface area contributed by atoms with Crippen molar-refractivity contribution in [3.05, 3.63) is 28.8 Å². The number of primary amides is 1. The third kappa shape index (κ3) is 3.63. The molecule has 1 amide bonds. The standard InChI is InChI=1S/C10H12ClN3O3S2/c1-14(5-9(12)15)19(16,17)6-2-3-7(10(13)18)8(11)4-6/h2-4H,5H2,1H3,(H2,12,15)(H2,13,18). The van der Waals surface area contributed by atoms with Gasteiger partial charge in [0.05, 0.1) is 16.5 Å². The molecular weight excluding hydrogens is 310 g/mol. The summed E-state index contributed by atoms with van der Waals surface area (Å²) in [6.07, 6.45) is 0. The summed E-state index contributed by atoms with van der Waals surface area (Å²) in [7, 11) is -2.59. The first kappa shape index (κ1) is 15.8. The van der Waals surface area contributed by atoms with E-state index in [9.17, 15) is 13.2 Å². The summed E-state index contributed by atoms with van der Waals surface area (Å²) < 4.78 is 25.0. The summed E-state index contributed by atoms with van der Waals surface area (Å²) in [6.45, 7) is -0.420. The molecule has 0 heterocycles. The molecule has 1 rings (SSSR count). The largest absolute Gasteiger partial charge is 0.389 e. The van der Waals surface area contributed by atoms with Crippen LogP contribution in [0.2, 0.25) is 5.02 Å². The summed E-state index contributed by atoms with van der Waals surface area (Å²) in [6, 6.07) is 3.95. The molecule has 0 saturated heterocycles. The fraction of sp³-hybridized carbons (Fsp3) is 0.200. The molecule has 0 aliphatic rings. The van der Waals surface area contributed by atoms with Crippen molar-refractivity contribution < 1.29 is 13.2 Å². The number of thiocarbonyl (C=S) groups is 1. The summed E-state index contributed by atoms with van der Waals surface area (Å²) >= 11 is 10.7. The van der Waals surface area contributed by atoms with Gasteiger partial charge in [-0.15, -0.1) is 0 Å². The predicted molar refractivity (Wildman–Crippen MR) is 76.3 cm³/mol. The summed E-state index contributed by atoms with van der Waals surface area (Å²) in [5, 5.41) is 0.126. The van der Waals surface area contributed by atoms with E-state index >= 15 is 0 Å². The van der Waals surface area contributed by atoms with Gasteiger partial charge in [0.25, 0.3) is 0 Å². The number of sulfonamides is 1. The van der Waals surface area contributed by atoms with Crippen molar-refractivity contribution in [1.82, 2.24) is 4.31 Å². The zero-order valence-corrected chi connectivity index (χ0v) is 12.3. The van der Waals surface area contributed by atoms with Crippen LogP contribution in [0.1, 0.15) is 5.56 Å². The van der Waals surface area contributed by atoms with Gasteiger partial charge in [-0.1, -0.05) is 23.8 Å². The number of rotatable bonds is 5. The van der Waals surface area contributed by atoms with Crippen molar-refractivity contribution in [1.29, 1.82) is 0 Å². The van der Waals surface area contributed by atoms with E-state index in [0.29, 0.717) is 5.56 Å². The smallest absolute Gasteiger partial charge is 0.243 e. The van der Waals surface area contributed by atoms with Crippen molar-refractivity contribution in [3.63, 3.8) is 0 Å². The Hall–Kier alpha value is -1.22. The molecule has 19 heavy (non-hydrogen) atoms. The Bertz CT molecular complexity index is 631. The minimum absolute atomic E-state index is 0.0683. The lowest BCUT2D eigenvalue weighted by atomic mass is 10.2. The van der Waals surface area contributed by atoms with Crippen LogP contribution >= 0.6 is 23.8 Å². The minimum atomic E-state index is -3.84. The Labute approximate surface area is 121 Å². The van der Waals surface area contributed by atoms with Gasteiger partial charge in [-0.3, -0.25) is 4.79 Å². The maximum Gasteiger partial charge on any atom is 0.243 e. The van der Waals surface area contributed by atoms with Gasteiger partial charge in [0, 0.05) is 12.6 Å². The Morgan fingerprint density at radius 2 is 2.00 bits per heavy atom. The van der Waals surface area contributed by atoms with Gasteiger partial charge in [0.15, 0.2) is 0 Å². The number of hydrogen-bond donors (Lipinski definition) is 2. The maximum absolute atomic E-state index is 12.1. The molecule has 0 spiro atoms. The van der Waals surface area contributed by atoms with Crippen LogP contribution in [-0.4, -0.2) is 37.2 Å². The van der Waals surface area contributed by atoms with E-state index < -0.39 is 22.5 Å². The lowest BCUT2D eigenvalue weighted by Crippen LogP contribution is -2.35. The molecule has 0 aliphatic heterocycles. The average Bonchev–Trinajstić information content (AvgIpc) is 2.27. The highest BCUT2D eigenvalue weighted by molar-refractivity contribution is 7.89. The number of likely N-dealkylation sites (N-methyl/N-ethyl adjacent to an activating group) is 1. The van der Waals surface area contributed by atoms with Gasteiger partial charge in [0.2, 0.25) is 15.9 Å². The molecule has 1 aromatic rings. The number of nitrogens with two attached hydrogens (primary N) is 2. The first-order valence-electron chi connectivity index (χ1n) is 5.00. The summed E-state index contributed by atoms with van der Waals surface area (Å²) in [4.78, 5) is 10.8. The monoisotopic (exact) mass is 321 g/mol. The first-order valence-corrected chi connectivity index (χ1v) is 7.23. The van der Waals surface area contributed by atoms with Crippen LogP contribution in [0, 0.1) is 0 Å². The molecule has 0 unspecified atom stereocenters. The lowest BCUT2D eigenvalue weighted by molar-refractivity contribution is -0.118. The molecule has 0 atom stereocenters. The van der Waals surface area contributed by atoms with Gasteiger partial charge in [-0.05, 0) is 18.2 Å². The fourth-order valence-corrected chi connectivity index (χ4v) is 3.09. The zero-order chi connectivity index (χ0) is 14.8. The summed E-state index contributed by atoms with van der Waals surface area (Å²) in [5.74, 6) is -0.753. The molecule has 0 radical (unpaired) electrons. The van der Waals surface area contributed by atoms with E-state index in [2.05, 4.69) is 0 Å². The SMILES string of the molecule is CN(CC(N)=O)S(=O)(=O)c1ccc(C(N)=S)c(Cl)c1. The van der Waals surface area contributed by atoms with Crippen LogP contribution in [0.3, 0.4) is 0 Å². The highest BCUT2D eigenvalue weighted by atomic mass is 35.5. The average molecular weight is 322 g/mol. The fourth-order valence-electron chi connectivity index (χ4n) is 1.34. The normalized spacial score (nSPS) is 11.5. The molecule has 0 bridgehead atoms. The number of nitrogens with zero attached hydrogens (tertiary/aromatic N) is 1. The second-order valence-corrected chi connectivity index (χ2v) is 6.63. The highest BCUT2D eigenvalue weighted by Gasteiger charge is 2.23. The molecule has 0 saturated carbocycles. The molecule has 0 aromatic heterocycles. The van der Waals surface area contributed by atoms with Crippen LogP contribution in [-0.2, 0) is 14.8 Å². The molecule has 104 valence electrons. The van der Waals surface area contributed by atoms with Gasteiger partial charge in [-0.2, -0.15) is 4.31 Å². The molecule has 9 heteroatoms. The molecular formula is C10H12ClN3O3S2. The van der Waals surface area contributed by atoms with Gasteiger partial charge >= 0.3 is 0 Å². The van der Waals surface area contributed by atoms with Crippen molar-refractivity contribution in [2.24, 2.45) is 11.5 Å². The third-order valence-electron chi connectivity index (χ3n) is 2.29. The number of benzene rings is 1. The lowest BCUT2D eigenvalue weighted by Gasteiger charge is -2.16. The molecule has 0 fully saturated rings. The Morgan fingerprint density at radius 1 is 1.42 bits per heavy atom. The molecule has 1 aromatic carbocycles. The van der Waals surface area contributed by atoms with Crippen molar-refractivity contribution in [2.45, 2.75) is 4.90 Å². The van der Waals surface area contributed by atoms with Crippen LogP contribution in [0.4, 0.5) is 0 Å². The second kappa shape index (κ2) is 5.83. The van der Waals surface area contributed by atoms with E-state index in [4.69, 9.17) is 35.3 Å². The number of carbonyl (C=O) groups excluding carboxylic acids is 1. The Morgan fingerprint density at radius 3 is 2.42 bits per heavy atom. The topological polar surface area (TPSA) is 106 Å². The number of halogens is 1. The highest BCUT2D eigenvalue weighted by Crippen LogP contribution is 2.22. The van der Waals surface area contributed by atoms with Crippen molar-refractivity contribution in [3.8, 4) is 0 Å². The van der Waals surface area contributed by atoms with E-state index in [1.54, 1.807) is 0 Å². The number of carbonyl (C=O) groups is 1. The Balaban J connectivity index is 3.20.